The van der Waals surface area contributed by atoms with Gasteiger partial charge in [0.1, 0.15) is 17.3 Å². The van der Waals surface area contributed by atoms with Gasteiger partial charge in [-0.3, -0.25) is 9.59 Å². The summed E-state index contributed by atoms with van der Waals surface area (Å²) < 4.78 is 14.1. The van der Waals surface area contributed by atoms with Crippen molar-refractivity contribution in [1.29, 1.82) is 0 Å². The molecule has 1 amide bonds. The van der Waals surface area contributed by atoms with E-state index in [0.29, 0.717) is 16.7 Å². The van der Waals surface area contributed by atoms with Crippen LogP contribution in [0.3, 0.4) is 0 Å². The van der Waals surface area contributed by atoms with Gasteiger partial charge in [-0.1, -0.05) is 57.9 Å². The van der Waals surface area contributed by atoms with Crippen LogP contribution < -0.4 is 0 Å². The maximum Gasteiger partial charge on any atom is 0.295 e. The van der Waals surface area contributed by atoms with E-state index in [0.717, 1.165) is 4.47 Å². The number of hydrogen-bond acceptors (Lipinski definition) is 4. The molecule has 4 rings (SSSR count). The molecule has 2 N–H and O–H groups in total. The van der Waals surface area contributed by atoms with Crippen LogP contribution in [0.4, 0.5) is 4.39 Å². The molecule has 8 heteroatoms. The molecule has 0 aliphatic carbocycles. The highest BCUT2D eigenvalue weighted by Gasteiger charge is 2.46. The van der Waals surface area contributed by atoms with Gasteiger partial charge >= 0.3 is 0 Å². The van der Waals surface area contributed by atoms with Crippen molar-refractivity contribution in [2.45, 2.75) is 12.6 Å². The third kappa shape index (κ3) is 4.13. The molecule has 32 heavy (non-hydrogen) atoms. The molecule has 0 saturated carbocycles. The number of phenols is 1. The predicted octanol–water partition coefficient (Wildman–Crippen LogP) is 5.57. The van der Waals surface area contributed by atoms with Crippen molar-refractivity contribution in [3.8, 4) is 5.75 Å². The number of carbonyl (C=O) groups excluding carboxylic acids is 2. The summed E-state index contributed by atoms with van der Waals surface area (Å²) in [6, 6.07) is 15.6. The maximum atomic E-state index is 13.3. The topological polar surface area (TPSA) is 77.8 Å². The molecule has 1 atom stereocenters. The number of benzene rings is 3. The number of likely N-dealkylation sites (tertiary alicyclic amines) is 1. The summed E-state index contributed by atoms with van der Waals surface area (Å²) in [5.41, 5.74) is 1.31. The third-order valence-electron chi connectivity index (χ3n) is 5.21. The first kappa shape index (κ1) is 22.0. The van der Waals surface area contributed by atoms with Crippen LogP contribution in [0.15, 0.2) is 76.8 Å². The van der Waals surface area contributed by atoms with Gasteiger partial charge < -0.3 is 15.1 Å². The first-order valence-corrected chi connectivity index (χ1v) is 10.7. The second-order valence-electron chi connectivity index (χ2n) is 7.27. The first-order valence-electron chi connectivity index (χ1n) is 9.53. The van der Waals surface area contributed by atoms with Crippen LogP contribution >= 0.6 is 27.5 Å². The molecule has 1 fully saturated rings. The minimum absolute atomic E-state index is 0.00509. The smallest absolute Gasteiger partial charge is 0.295 e. The zero-order chi connectivity index (χ0) is 23.0. The van der Waals surface area contributed by atoms with E-state index >= 15 is 0 Å². The fraction of sp³-hybridized carbons (Fsp3) is 0.0833. The van der Waals surface area contributed by atoms with Gasteiger partial charge in [0.2, 0.25) is 0 Å². The third-order valence-corrected chi connectivity index (χ3v) is 6.04. The monoisotopic (exact) mass is 515 g/mol. The average Bonchev–Trinajstić information content (AvgIpc) is 3.02. The van der Waals surface area contributed by atoms with Crippen LogP contribution in [-0.4, -0.2) is 26.8 Å². The average molecular weight is 517 g/mol. The second-order valence-corrected chi connectivity index (χ2v) is 8.59. The molecule has 0 radical (unpaired) electrons. The lowest BCUT2D eigenvalue weighted by molar-refractivity contribution is -0.140. The highest BCUT2D eigenvalue weighted by atomic mass is 79.9. The summed E-state index contributed by atoms with van der Waals surface area (Å²) in [7, 11) is 0. The van der Waals surface area contributed by atoms with Crippen LogP contribution in [0.25, 0.3) is 5.76 Å². The summed E-state index contributed by atoms with van der Waals surface area (Å²) in [6.45, 7) is 0.00509. The number of aliphatic hydroxyl groups is 1. The summed E-state index contributed by atoms with van der Waals surface area (Å²) in [6.07, 6.45) is 0. The SMILES string of the molecule is O=C1C(=O)N(Cc2ccc(F)cc2)C(c2ccc(O)c(Cl)c2)/C1=C(/O)c1ccc(Br)cc1. The maximum absolute atomic E-state index is 13.3. The number of carbonyl (C=O) groups is 2. The van der Waals surface area contributed by atoms with Crippen molar-refractivity contribution in [2.24, 2.45) is 0 Å². The lowest BCUT2D eigenvalue weighted by Crippen LogP contribution is -2.29. The lowest BCUT2D eigenvalue weighted by atomic mass is 9.95. The molecule has 162 valence electrons. The fourth-order valence-electron chi connectivity index (χ4n) is 3.63. The number of Topliss-reactive ketones (excluding diaryl/α,β-unsaturated/α-hetero) is 1. The zero-order valence-corrected chi connectivity index (χ0v) is 18.8. The normalized spacial score (nSPS) is 17.7. The molecule has 3 aromatic rings. The van der Waals surface area contributed by atoms with Crippen molar-refractivity contribution >= 4 is 45.0 Å². The Labute approximate surface area is 196 Å². The number of ketones is 1. The number of hydrogen-bond donors (Lipinski definition) is 2. The number of phenolic OH excluding ortho intramolecular Hbond substituents is 1. The summed E-state index contributed by atoms with van der Waals surface area (Å²) >= 11 is 9.41. The zero-order valence-electron chi connectivity index (χ0n) is 16.4. The Morgan fingerprint density at radius 1 is 1.03 bits per heavy atom. The molecule has 5 nitrogen and oxygen atoms in total. The first-order chi connectivity index (χ1) is 15.3. The molecule has 0 spiro atoms. The molecule has 0 bridgehead atoms. The van der Waals surface area contributed by atoms with Crippen molar-refractivity contribution in [3.05, 3.63) is 104 Å². The van der Waals surface area contributed by atoms with Crippen LogP contribution in [0.5, 0.6) is 5.75 Å². The molecule has 0 aromatic heterocycles. The standard InChI is InChI=1S/C24H16BrClFNO4/c25-16-6-3-14(4-7-16)22(30)20-21(15-5-10-19(29)18(26)11-15)28(24(32)23(20)31)12-13-1-8-17(27)9-2-13/h1-11,21,29-30H,12H2/b22-20-. The molecule has 1 aliphatic heterocycles. The molecule has 1 saturated heterocycles. The van der Waals surface area contributed by atoms with Crippen LogP contribution in [-0.2, 0) is 16.1 Å². The van der Waals surface area contributed by atoms with Gasteiger partial charge in [0.15, 0.2) is 0 Å². The van der Waals surface area contributed by atoms with Gasteiger partial charge in [-0.2, -0.15) is 0 Å². The van der Waals surface area contributed by atoms with Gasteiger partial charge in [0, 0.05) is 16.6 Å². The van der Waals surface area contributed by atoms with Crippen molar-refractivity contribution in [1.82, 2.24) is 4.90 Å². The van der Waals surface area contributed by atoms with Gasteiger partial charge in [-0.05, 0) is 47.5 Å². The van der Waals surface area contributed by atoms with Crippen molar-refractivity contribution in [2.75, 3.05) is 0 Å². The Kier molecular flexibility index (Phi) is 6.04. The van der Waals surface area contributed by atoms with Gasteiger partial charge in [-0.25, -0.2) is 4.39 Å². The Balaban J connectivity index is 1.87. The summed E-state index contributed by atoms with van der Waals surface area (Å²) in [5, 5.41) is 20.9. The number of amides is 1. The van der Waals surface area contributed by atoms with Crippen LogP contribution in [0.1, 0.15) is 22.7 Å². The largest absolute Gasteiger partial charge is 0.507 e. The number of halogens is 3. The van der Waals surface area contributed by atoms with E-state index in [2.05, 4.69) is 15.9 Å². The van der Waals surface area contributed by atoms with E-state index in [9.17, 15) is 24.2 Å². The quantitative estimate of drug-likeness (QED) is 0.270. The van der Waals surface area contributed by atoms with Crippen LogP contribution in [0, 0.1) is 5.82 Å². The van der Waals surface area contributed by atoms with Crippen molar-refractivity contribution < 1.29 is 24.2 Å². The number of nitrogens with zero attached hydrogens (tertiary/aromatic N) is 1. The summed E-state index contributed by atoms with van der Waals surface area (Å²) in [5.74, 6) is -2.55. The Hall–Kier alpha value is -3.16. The highest BCUT2D eigenvalue weighted by molar-refractivity contribution is 9.10. The second kappa shape index (κ2) is 8.76. The van der Waals surface area contributed by atoms with Crippen molar-refractivity contribution in [3.63, 3.8) is 0 Å². The lowest BCUT2D eigenvalue weighted by Gasteiger charge is -2.25. The number of rotatable bonds is 4. The molecule has 3 aromatic carbocycles. The Morgan fingerprint density at radius 2 is 1.69 bits per heavy atom. The van der Waals surface area contributed by atoms with E-state index in [1.165, 1.54) is 47.4 Å². The van der Waals surface area contributed by atoms with Gasteiger partial charge in [-0.15, -0.1) is 0 Å². The fourth-order valence-corrected chi connectivity index (χ4v) is 4.09. The molecule has 1 heterocycles. The van der Waals surface area contributed by atoms with Gasteiger partial charge in [0.25, 0.3) is 11.7 Å². The highest BCUT2D eigenvalue weighted by Crippen LogP contribution is 2.42. The molecule has 1 aliphatic rings. The minimum atomic E-state index is -0.957. The van der Waals surface area contributed by atoms with E-state index in [1.807, 2.05) is 0 Å². The Bertz CT molecular complexity index is 1240. The van der Waals surface area contributed by atoms with E-state index in [1.54, 1.807) is 24.3 Å². The van der Waals surface area contributed by atoms with E-state index in [4.69, 9.17) is 11.6 Å². The minimum Gasteiger partial charge on any atom is -0.507 e. The van der Waals surface area contributed by atoms with Gasteiger partial charge in [0.05, 0.1) is 16.6 Å². The molecular weight excluding hydrogens is 501 g/mol. The number of aromatic hydroxyl groups is 1. The van der Waals surface area contributed by atoms with Crippen LogP contribution in [0.2, 0.25) is 5.02 Å². The predicted molar refractivity (Wildman–Crippen MR) is 122 cm³/mol. The number of aliphatic hydroxyl groups excluding tert-OH is 1. The van der Waals surface area contributed by atoms with E-state index < -0.39 is 23.5 Å². The Morgan fingerprint density at radius 3 is 2.31 bits per heavy atom. The molecule has 1 unspecified atom stereocenters. The molecular formula is C24H16BrClFNO4. The summed E-state index contributed by atoms with van der Waals surface area (Å²) in [4.78, 5) is 27.3. The van der Waals surface area contributed by atoms with E-state index in [-0.39, 0.29) is 28.6 Å².